The van der Waals surface area contributed by atoms with E-state index in [1.54, 1.807) is 38.6 Å². The second kappa shape index (κ2) is 9.68. The lowest BCUT2D eigenvalue weighted by molar-refractivity contribution is 0.0821. The lowest BCUT2D eigenvalue weighted by Gasteiger charge is -2.14. The summed E-state index contributed by atoms with van der Waals surface area (Å²) in [6, 6.07) is 13.0. The number of hydrogen-bond donors (Lipinski definition) is 1. The number of pyridine rings is 2. The third-order valence-electron chi connectivity index (χ3n) is 6.11. The summed E-state index contributed by atoms with van der Waals surface area (Å²) < 4.78 is 17.8. The highest BCUT2D eigenvalue weighted by Crippen LogP contribution is 2.38. The van der Waals surface area contributed by atoms with Crippen molar-refractivity contribution < 1.29 is 18.7 Å². The minimum absolute atomic E-state index is 0.0613. The molecular formula is C27H25N5O4. The van der Waals surface area contributed by atoms with E-state index in [1.807, 2.05) is 24.3 Å². The maximum absolute atomic E-state index is 12.3. The van der Waals surface area contributed by atoms with Crippen LogP contribution in [0.2, 0.25) is 0 Å². The molecule has 0 radical (unpaired) electrons. The fraction of sp³-hybridized carbons (Fsp3) is 0.259. The van der Waals surface area contributed by atoms with E-state index in [-0.39, 0.29) is 17.7 Å². The van der Waals surface area contributed by atoms with Gasteiger partial charge >= 0.3 is 0 Å². The number of furan rings is 1. The first-order valence-corrected chi connectivity index (χ1v) is 11.5. The Morgan fingerprint density at radius 2 is 2.03 bits per heavy atom. The van der Waals surface area contributed by atoms with Crippen molar-refractivity contribution in [3.05, 3.63) is 60.0 Å². The molecule has 0 spiro atoms. The van der Waals surface area contributed by atoms with Gasteiger partial charge in [-0.05, 0) is 36.7 Å². The molecule has 1 N–H and O–H groups in total. The molecule has 4 aromatic rings. The highest BCUT2D eigenvalue weighted by atomic mass is 16.5. The SMILES string of the molecule is COc1cc(C(=O)N(C)C)ncc1-c1cc2nccc(-c3ccc(OC4CCNC4)c(C#N)c3)c2o1. The minimum atomic E-state index is -0.224. The van der Waals surface area contributed by atoms with Crippen LogP contribution in [0.4, 0.5) is 0 Å². The van der Waals surface area contributed by atoms with E-state index in [0.29, 0.717) is 39.5 Å². The van der Waals surface area contributed by atoms with Gasteiger partial charge in [-0.15, -0.1) is 0 Å². The molecule has 1 aliphatic rings. The van der Waals surface area contributed by atoms with E-state index >= 15 is 0 Å². The van der Waals surface area contributed by atoms with Crippen LogP contribution in [0.5, 0.6) is 11.5 Å². The number of rotatable bonds is 6. The fourth-order valence-electron chi connectivity index (χ4n) is 4.23. The summed E-state index contributed by atoms with van der Waals surface area (Å²) in [5, 5.41) is 13.0. The molecule has 1 saturated heterocycles. The highest BCUT2D eigenvalue weighted by Gasteiger charge is 2.21. The molecule has 4 heterocycles. The molecule has 1 aromatic carbocycles. The summed E-state index contributed by atoms with van der Waals surface area (Å²) in [6.45, 7) is 1.69. The third kappa shape index (κ3) is 4.34. The summed E-state index contributed by atoms with van der Waals surface area (Å²) in [7, 11) is 4.86. The van der Waals surface area contributed by atoms with Crippen LogP contribution in [0.15, 0.2) is 53.2 Å². The number of nitrogens with one attached hydrogen (secondary N) is 1. The van der Waals surface area contributed by atoms with E-state index in [0.717, 1.165) is 30.6 Å². The van der Waals surface area contributed by atoms with Gasteiger partial charge in [-0.2, -0.15) is 5.26 Å². The molecule has 1 unspecified atom stereocenters. The number of aromatic nitrogens is 2. The number of benzene rings is 1. The van der Waals surface area contributed by atoms with Crippen molar-refractivity contribution in [1.82, 2.24) is 20.2 Å². The molecule has 36 heavy (non-hydrogen) atoms. The number of nitriles is 1. The average Bonchev–Trinajstić information content (AvgIpc) is 3.57. The molecule has 182 valence electrons. The summed E-state index contributed by atoms with van der Waals surface area (Å²) >= 11 is 0. The number of nitrogens with zero attached hydrogens (tertiary/aromatic N) is 4. The van der Waals surface area contributed by atoms with E-state index in [2.05, 4.69) is 21.4 Å². The summed E-state index contributed by atoms with van der Waals surface area (Å²) in [5.41, 5.74) is 4.16. The van der Waals surface area contributed by atoms with Crippen LogP contribution < -0.4 is 14.8 Å². The summed E-state index contributed by atoms with van der Waals surface area (Å²) in [5.74, 6) is 1.32. The van der Waals surface area contributed by atoms with Crippen LogP contribution in [0.1, 0.15) is 22.5 Å². The van der Waals surface area contributed by atoms with Crippen LogP contribution in [0.25, 0.3) is 33.6 Å². The largest absolute Gasteiger partial charge is 0.496 e. The zero-order valence-corrected chi connectivity index (χ0v) is 20.2. The van der Waals surface area contributed by atoms with E-state index in [1.165, 1.54) is 12.0 Å². The van der Waals surface area contributed by atoms with Gasteiger partial charge in [0.2, 0.25) is 0 Å². The molecule has 9 heteroatoms. The van der Waals surface area contributed by atoms with Crippen LogP contribution in [-0.2, 0) is 0 Å². The molecule has 0 saturated carbocycles. The quantitative estimate of drug-likeness (QED) is 0.440. The van der Waals surface area contributed by atoms with Crippen molar-refractivity contribution >= 4 is 17.0 Å². The molecule has 1 aliphatic heterocycles. The van der Waals surface area contributed by atoms with Crippen molar-refractivity contribution in [2.24, 2.45) is 0 Å². The Labute approximate surface area is 208 Å². The van der Waals surface area contributed by atoms with Crippen LogP contribution in [0.3, 0.4) is 0 Å². The number of ether oxygens (including phenoxy) is 2. The minimum Gasteiger partial charge on any atom is -0.496 e. The Bertz CT molecular complexity index is 1480. The average molecular weight is 484 g/mol. The summed E-state index contributed by atoms with van der Waals surface area (Å²) in [6.07, 6.45) is 4.23. The van der Waals surface area contributed by atoms with E-state index in [4.69, 9.17) is 13.9 Å². The highest BCUT2D eigenvalue weighted by molar-refractivity contribution is 5.95. The van der Waals surface area contributed by atoms with Crippen molar-refractivity contribution in [2.45, 2.75) is 12.5 Å². The van der Waals surface area contributed by atoms with Crippen molar-refractivity contribution in [2.75, 3.05) is 34.3 Å². The van der Waals surface area contributed by atoms with Crippen molar-refractivity contribution in [1.29, 1.82) is 5.26 Å². The molecule has 1 fully saturated rings. The molecule has 5 rings (SSSR count). The summed E-state index contributed by atoms with van der Waals surface area (Å²) in [4.78, 5) is 22.5. The lowest BCUT2D eigenvalue weighted by Crippen LogP contribution is -2.22. The van der Waals surface area contributed by atoms with E-state index < -0.39 is 0 Å². The Balaban J connectivity index is 1.53. The molecule has 1 atom stereocenters. The Kier molecular flexibility index (Phi) is 6.27. The van der Waals surface area contributed by atoms with Crippen molar-refractivity contribution in [3.63, 3.8) is 0 Å². The fourth-order valence-corrected chi connectivity index (χ4v) is 4.23. The Hall–Kier alpha value is -4.42. The molecule has 1 amide bonds. The number of carbonyl (C=O) groups is 1. The number of amides is 1. The van der Waals surface area contributed by atoms with Gasteiger partial charge in [0.05, 0.1) is 18.2 Å². The maximum atomic E-state index is 12.3. The predicted octanol–water partition coefficient (Wildman–Crippen LogP) is 3.88. The predicted molar refractivity (Wildman–Crippen MR) is 134 cm³/mol. The molecule has 0 bridgehead atoms. The van der Waals surface area contributed by atoms with Gasteiger partial charge in [-0.1, -0.05) is 6.07 Å². The second-order valence-electron chi connectivity index (χ2n) is 8.71. The Morgan fingerprint density at radius 1 is 1.17 bits per heavy atom. The molecule has 9 nitrogen and oxygen atoms in total. The molecular weight excluding hydrogens is 458 g/mol. The maximum Gasteiger partial charge on any atom is 0.272 e. The van der Waals surface area contributed by atoms with Gasteiger partial charge < -0.3 is 24.1 Å². The van der Waals surface area contributed by atoms with E-state index in [9.17, 15) is 10.1 Å². The standard InChI is InChI=1S/C27H25N5O4/c1-32(2)27(33)22-12-24(34-3)20(15-31-22)25-11-21-26(36-25)19(7-9-30-21)16-4-5-23(17(10-16)13-28)35-18-6-8-29-14-18/h4-5,7,9-12,15,18,29H,6,8,14H2,1-3H3. The normalized spacial score (nSPS) is 15.0. The number of methoxy groups -OCH3 is 1. The van der Waals surface area contributed by atoms with Gasteiger partial charge in [-0.3, -0.25) is 14.8 Å². The first kappa shape index (κ1) is 23.3. The number of hydrogen-bond acceptors (Lipinski definition) is 8. The third-order valence-corrected chi connectivity index (χ3v) is 6.11. The van der Waals surface area contributed by atoms with Gasteiger partial charge in [0.25, 0.3) is 5.91 Å². The van der Waals surface area contributed by atoms with Crippen LogP contribution >= 0.6 is 0 Å². The smallest absolute Gasteiger partial charge is 0.272 e. The first-order valence-electron chi connectivity index (χ1n) is 11.5. The lowest BCUT2D eigenvalue weighted by atomic mass is 10.0. The zero-order chi connectivity index (χ0) is 25.2. The number of fused-ring (bicyclic) bond motifs is 1. The first-order chi connectivity index (χ1) is 17.5. The molecule has 0 aliphatic carbocycles. The van der Waals surface area contributed by atoms with Gasteiger partial charge in [0.1, 0.15) is 40.6 Å². The second-order valence-corrected chi connectivity index (χ2v) is 8.71. The number of carbonyl (C=O) groups excluding carboxylic acids is 1. The van der Waals surface area contributed by atoms with Crippen LogP contribution in [-0.4, -0.2) is 61.2 Å². The van der Waals surface area contributed by atoms with Gasteiger partial charge in [0, 0.05) is 50.7 Å². The topological polar surface area (TPSA) is 114 Å². The molecule has 3 aromatic heterocycles. The monoisotopic (exact) mass is 483 g/mol. The van der Waals surface area contributed by atoms with Crippen molar-refractivity contribution in [3.8, 4) is 40.0 Å². The van der Waals surface area contributed by atoms with Gasteiger partial charge in [-0.25, -0.2) is 0 Å². The van der Waals surface area contributed by atoms with Crippen LogP contribution in [0, 0.1) is 11.3 Å². The van der Waals surface area contributed by atoms with Gasteiger partial charge in [0.15, 0.2) is 5.58 Å². The Morgan fingerprint density at radius 3 is 2.75 bits per heavy atom. The zero-order valence-electron chi connectivity index (χ0n) is 20.2.